The highest BCUT2D eigenvalue weighted by atomic mass is 35.5. The average molecular weight is 418 g/mol. The van der Waals surface area contributed by atoms with E-state index in [9.17, 15) is 20.2 Å². The zero-order valence-electron chi connectivity index (χ0n) is 15.8. The molecule has 3 rings (SSSR count). The zero-order valence-corrected chi connectivity index (χ0v) is 17.4. The highest BCUT2D eigenvalue weighted by Crippen LogP contribution is 2.44. The summed E-state index contributed by atoms with van der Waals surface area (Å²) in [4.78, 5) is 24.1. The number of halogens is 1. The molecule has 8 heteroatoms. The molecule has 1 aliphatic carbocycles. The van der Waals surface area contributed by atoms with Gasteiger partial charge in [0.2, 0.25) is 0 Å². The molecule has 0 saturated carbocycles. The van der Waals surface area contributed by atoms with Gasteiger partial charge in [-0.2, -0.15) is 5.26 Å². The first-order chi connectivity index (χ1) is 13.1. The highest BCUT2D eigenvalue weighted by molar-refractivity contribution is 7.16. The van der Waals surface area contributed by atoms with Crippen LogP contribution in [0.5, 0.6) is 0 Å². The lowest BCUT2D eigenvalue weighted by atomic mass is 9.72. The van der Waals surface area contributed by atoms with Crippen molar-refractivity contribution in [3.05, 3.63) is 54.9 Å². The zero-order chi connectivity index (χ0) is 20.6. The van der Waals surface area contributed by atoms with Gasteiger partial charge in [0.1, 0.15) is 11.1 Å². The maximum atomic E-state index is 12.7. The lowest BCUT2D eigenvalue weighted by Crippen LogP contribution is -2.26. The van der Waals surface area contributed by atoms with Crippen molar-refractivity contribution < 1.29 is 9.72 Å². The van der Waals surface area contributed by atoms with Gasteiger partial charge in [0.05, 0.1) is 21.1 Å². The average Bonchev–Trinajstić information content (AvgIpc) is 2.96. The number of rotatable bonds is 3. The van der Waals surface area contributed by atoms with Gasteiger partial charge in [0, 0.05) is 17.0 Å². The van der Waals surface area contributed by atoms with E-state index in [2.05, 4.69) is 32.2 Å². The molecule has 1 heterocycles. The van der Waals surface area contributed by atoms with Crippen LogP contribution in [0.15, 0.2) is 18.2 Å². The van der Waals surface area contributed by atoms with Crippen LogP contribution in [-0.4, -0.2) is 10.8 Å². The molecule has 1 aliphatic rings. The number of nitrogens with one attached hydrogen (secondary N) is 1. The number of hydrogen-bond donors (Lipinski definition) is 1. The van der Waals surface area contributed by atoms with Gasteiger partial charge in [-0.15, -0.1) is 11.3 Å². The molecule has 0 fully saturated rings. The van der Waals surface area contributed by atoms with E-state index >= 15 is 0 Å². The third-order valence-corrected chi connectivity index (χ3v) is 6.72. The molecular weight excluding hydrogens is 398 g/mol. The SMILES string of the molecule is CC(C)(C)[C@@H]1CCc2c(sc(NC(=O)c3ccc([N+](=O)[O-])cc3Cl)c2C#N)C1. The van der Waals surface area contributed by atoms with Crippen LogP contribution in [0, 0.1) is 32.8 Å². The lowest BCUT2D eigenvalue weighted by molar-refractivity contribution is -0.384. The smallest absolute Gasteiger partial charge is 0.270 e. The van der Waals surface area contributed by atoms with Crippen molar-refractivity contribution in [1.82, 2.24) is 0 Å². The number of anilines is 1. The molecule has 0 bridgehead atoms. The largest absolute Gasteiger partial charge is 0.312 e. The van der Waals surface area contributed by atoms with Crippen molar-refractivity contribution in [3.63, 3.8) is 0 Å². The van der Waals surface area contributed by atoms with E-state index in [0.717, 1.165) is 35.8 Å². The second-order valence-corrected chi connectivity index (χ2v) is 9.51. The molecule has 2 aromatic rings. The number of thiophene rings is 1. The molecule has 1 amide bonds. The quantitative estimate of drug-likeness (QED) is 0.520. The molecule has 0 spiro atoms. The standard InChI is InChI=1S/C20H20ClN3O3S/c1-20(2,3)11-4-6-13-15(10-22)19(28-17(13)8-11)23-18(25)14-7-5-12(24(26)27)9-16(14)21/h5,7,9,11H,4,6,8H2,1-3H3,(H,23,25)/t11-/m1/s1. The van der Waals surface area contributed by atoms with Crippen molar-refractivity contribution >= 4 is 39.5 Å². The first-order valence-electron chi connectivity index (χ1n) is 8.91. The van der Waals surface area contributed by atoms with Crippen LogP contribution in [-0.2, 0) is 12.8 Å². The predicted molar refractivity (Wildman–Crippen MR) is 110 cm³/mol. The Morgan fingerprint density at radius 1 is 1.43 bits per heavy atom. The second kappa shape index (κ2) is 7.53. The summed E-state index contributed by atoms with van der Waals surface area (Å²) in [5, 5.41) is 23.8. The van der Waals surface area contributed by atoms with Gasteiger partial charge >= 0.3 is 0 Å². The molecule has 0 unspecified atom stereocenters. The van der Waals surface area contributed by atoms with E-state index in [0.29, 0.717) is 16.5 Å². The van der Waals surface area contributed by atoms with Crippen LogP contribution in [0.4, 0.5) is 10.7 Å². The maximum Gasteiger partial charge on any atom is 0.270 e. The highest BCUT2D eigenvalue weighted by Gasteiger charge is 2.32. The van der Waals surface area contributed by atoms with Crippen LogP contribution in [0.3, 0.4) is 0 Å². The van der Waals surface area contributed by atoms with E-state index in [1.807, 2.05) is 0 Å². The summed E-state index contributed by atoms with van der Waals surface area (Å²) < 4.78 is 0. The molecule has 1 aromatic carbocycles. The Hall–Kier alpha value is -2.43. The molecule has 1 atom stereocenters. The summed E-state index contributed by atoms with van der Waals surface area (Å²) >= 11 is 7.49. The summed E-state index contributed by atoms with van der Waals surface area (Å²) in [6.45, 7) is 6.67. The number of nitro groups is 1. The molecular formula is C20H20ClN3O3S. The summed E-state index contributed by atoms with van der Waals surface area (Å²) in [6.07, 6.45) is 2.74. The van der Waals surface area contributed by atoms with Crippen LogP contribution in [0.1, 0.15) is 53.6 Å². The molecule has 146 valence electrons. The van der Waals surface area contributed by atoms with E-state index in [1.165, 1.54) is 23.5 Å². The van der Waals surface area contributed by atoms with E-state index in [4.69, 9.17) is 11.6 Å². The third kappa shape index (κ3) is 3.89. The summed E-state index contributed by atoms with van der Waals surface area (Å²) in [6, 6.07) is 5.93. The molecule has 1 aromatic heterocycles. The van der Waals surface area contributed by atoms with Crippen molar-refractivity contribution in [1.29, 1.82) is 5.26 Å². The van der Waals surface area contributed by atoms with E-state index in [-0.39, 0.29) is 21.7 Å². The van der Waals surface area contributed by atoms with Gasteiger partial charge in [0.15, 0.2) is 0 Å². The van der Waals surface area contributed by atoms with Crippen LogP contribution in [0.25, 0.3) is 0 Å². The fourth-order valence-corrected chi connectivity index (χ4v) is 5.04. The van der Waals surface area contributed by atoms with Gasteiger partial charge in [0.25, 0.3) is 11.6 Å². The lowest BCUT2D eigenvalue weighted by Gasteiger charge is -2.33. The second-order valence-electron chi connectivity index (χ2n) is 8.00. The van der Waals surface area contributed by atoms with Crippen molar-refractivity contribution in [2.75, 3.05) is 5.32 Å². The molecule has 6 nitrogen and oxygen atoms in total. The van der Waals surface area contributed by atoms with Crippen molar-refractivity contribution in [2.24, 2.45) is 11.3 Å². The number of carbonyl (C=O) groups excluding carboxylic acids is 1. The van der Waals surface area contributed by atoms with E-state index in [1.54, 1.807) is 0 Å². The van der Waals surface area contributed by atoms with E-state index < -0.39 is 10.8 Å². The summed E-state index contributed by atoms with van der Waals surface area (Å²) in [7, 11) is 0. The molecule has 0 aliphatic heterocycles. The monoisotopic (exact) mass is 417 g/mol. The number of benzene rings is 1. The number of fused-ring (bicyclic) bond motifs is 1. The van der Waals surface area contributed by atoms with Gasteiger partial charge in [-0.1, -0.05) is 32.4 Å². The van der Waals surface area contributed by atoms with Gasteiger partial charge in [-0.3, -0.25) is 14.9 Å². The minimum Gasteiger partial charge on any atom is -0.312 e. The number of nitrogens with zero attached hydrogens (tertiary/aromatic N) is 2. The first-order valence-corrected chi connectivity index (χ1v) is 10.1. The molecule has 0 saturated heterocycles. The number of non-ortho nitro benzene ring substituents is 1. The Labute approximate surface area is 172 Å². The normalized spacial score (nSPS) is 16.2. The Morgan fingerprint density at radius 2 is 2.14 bits per heavy atom. The number of amides is 1. The topological polar surface area (TPSA) is 96.0 Å². The van der Waals surface area contributed by atoms with Crippen molar-refractivity contribution in [3.8, 4) is 6.07 Å². The molecule has 28 heavy (non-hydrogen) atoms. The maximum absolute atomic E-state index is 12.7. The number of hydrogen-bond acceptors (Lipinski definition) is 5. The number of nitriles is 1. The number of nitro benzene ring substituents is 1. The van der Waals surface area contributed by atoms with Gasteiger partial charge in [-0.05, 0) is 42.2 Å². The Balaban J connectivity index is 1.88. The Bertz CT molecular complexity index is 1000. The fraction of sp³-hybridized carbons (Fsp3) is 0.400. The third-order valence-electron chi connectivity index (χ3n) is 5.24. The van der Waals surface area contributed by atoms with Crippen LogP contribution >= 0.6 is 22.9 Å². The Kier molecular flexibility index (Phi) is 5.46. The minimum atomic E-state index is -0.569. The van der Waals surface area contributed by atoms with Crippen molar-refractivity contribution in [2.45, 2.75) is 40.0 Å². The fourth-order valence-electron chi connectivity index (χ4n) is 3.50. The van der Waals surface area contributed by atoms with Crippen LogP contribution < -0.4 is 5.32 Å². The molecule has 0 radical (unpaired) electrons. The molecule has 1 N–H and O–H groups in total. The minimum absolute atomic E-state index is 0.000626. The Morgan fingerprint density at radius 3 is 2.71 bits per heavy atom. The summed E-state index contributed by atoms with van der Waals surface area (Å²) in [5.74, 6) is 0.0419. The van der Waals surface area contributed by atoms with Gasteiger partial charge in [-0.25, -0.2) is 0 Å². The van der Waals surface area contributed by atoms with Crippen LogP contribution in [0.2, 0.25) is 5.02 Å². The van der Waals surface area contributed by atoms with Gasteiger partial charge < -0.3 is 5.32 Å². The number of carbonyl (C=O) groups is 1. The predicted octanol–water partition coefficient (Wildman–Crippen LogP) is 5.58. The first kappa shape index (κ1) is 20.3. The summed E-state index contributed by atoms with van der Waals surface area (Å²) in [5.41, 5.74) is 1.68.